The lowest BCUT2D eigenvalue weighted by atomic mass is 10.0. The standard InChI is InChI=1S/C17H21N3OS/c1-3-12(4-2)16(21)18-14-7-5-6-13(10-14)15-11-20-8-9-22-17(20)19-15/h5-7,10-12H,3-4,8-9H2,1-2H3,(H,18,21). The van der Waals surface area contributed by atoms with Crippen LogP contribution in [0.25, 0.3) is 11.3 Å². The van der Waals surface area contributed by atoms with Gasteiger partial charge in [0, 0.05) is 35.7 Å². The summed E-state index contributed by atoms with van der Waals surface area (Å²) in [5.74, 6) is 1.29. The van der Waals surface area contributed by atoms with Gasteiger partial charge >= 0.3 is 0 Å². The molecule has 1 aliphatic heterocycles. The number of nitrogens with zero attached hydrogens (tertiary/aromatic N) is 2. The average Bonchev–Trinajstić information content (AvgIpc) is 3.10. The predicted molar refractivity (Wildman–Crippen MR) is 91.1 cm³/mol. The lowest BCUT2D eigenvalue weighted by Gasteiger charge is -2.13. The zero-order valence-electron chi connectivity index (χ0n) is 13.0. The molecule has 1 aromatic heterocycles. The van der Waals surface area contributed by atoms with Gasteiger partial charge < -0.3 is 9.88 Å². The molecule has 5 heteroatoms. The van der Waals surface area contributed by atoms with Gasteiger partial charge in [-0.05, 0) is 25.0 Å². The number of carbonyl (C=O) groups excluding carboxylic acids is 1. The van der Waals surface area contributed by atoms with Crippen LogP contribution in [0.3, 0.4) is 0 Å². The normalized spacial score (nSPS) is 13.4. The highest BCUT2D eigenvalue weighted by Crippen LogP contribution is 2.30. The third-order valence-electron chi connectivity index (χ3n) is 4.09. The number of thioether (sulfide) groups is 1. The van der Waals surface area contributed by atoms with E-state index in [9.17, 15) is 4.79 Å². The summed E-state index contributed by atoms with van der Waals surface area (Å²) in [6, 6.07) is 7.94. The number of nitrogens with one attached hydrogen (secondary N) is 1. The Labute approximate surface area is 135 Å². The van der Waals surface area contributed by atoms with Crippen LogP contribution in [0.1, 0.15) is 26.7 Å². The molecule has 0 fully saturated rings. The quantitative estimate of drug-likeness (QED) is 0.906. The molecule has 2 aromatic rings. The molecule has 1 N–H and O–H groups in total. The first kappa shape index (κ1) is 15.2. The van der Waals surface area contributed by atoms with Crippen LogP contribution in [0.4, 0.5) is 5.69 Å². The lowest BCUT2D eigenvalue weighted by molar-refractivity contribution is -0.120. The Morgan fingerprint density at radius 1 is 1.41 bits per heavy atom. The van der Waals surface area contributed by atoms with Gasteiger partial charge in [-0.15, -0.1) is 0 Å². The second-order valence-electron chi connectivity index (χ2n) is 5.53. The van der Waals surface area contributed by atoms with Crippen LogP contribution in [-0.2, 0) is 11.3 Å². The highest BCUT2D eigenvalue weighted by molar-refractivity contribution is 7.99. The van der Waals surface area contributed by atoms with Crippen LogP contribution < -0.4 is 5.32 Å². The summed E-state index contributed by atoms with van der Waals surface area (Å²) in [7, 11) is 0. The van der Waals surface area contributed by atoms with E-state index < -0.39 is 0 Å². The Hall–Kier alpha value is -1.75. The number of aromatic nitrogens is 2. The molecule has 0 radical (unpaired) electrons. The third-order valence-corrected chi connectivity index (χ3v) is 5.06. The molecule has 4 nitrogen and oxygen atoms in total. The van der Waals surface area contributed by atoms with Crippen molar-refractivity contribution in [3.05, 3.63) is 30.5 Å². The molecule has 1 aromatic carbocycles. The van der Waals surface area contributed by atoms with E-state index in [1.54, 1.807) is 11.8 Å². The number of hydrogen-bond donors (Lipinski definition) is 1. The van der Waals surface area contributed by atoms with Crippen molar-refractivity contribution < 1.29 is 4.79 Å². The summed E-state index contributed by atoms with van der Waals surface area (Å²) in [5.41, 5.74) is 2.86. The van der Waals surface area contributed by atoms with E-state index in [-0.39, 0.29) is 11.8 Å². The molecule has 2 heterocycles. The number of rotatable bonds is 5. The second-order valence-corrected chi connectivity index (χ2v) is 6.60. The minimum atomic E-state index is 0.0801. The van der Waals surface area contributed by atoms with Crippen molar-refractivity contribution >= 4 is 23.4 Å². The summed E-state index contributed by atoms with van der Waals surface area (Å²) in [5, 5.41) is 4.11. The zero-order chi connectivity index (χ0) is 15.5. The van der Waals surface area contributed by atoms with Crippen LogP contribution in [-0.4, -0.2) is 21.2 Å². The van der Waals surface area contributed by atoms with Crippen LogP contribution in [0, 0.1) is 5.92 Å². The van der Waals surface area contributed by atoms with Crippen molar-refractivity contribution in [1.29, 1.82) is 0 Å². The molecule has 0 saturated carbocycles. The van der Waals surface area contributed by atoms with Crippen LogP contribution >= 0.6 is 11.8 Å². The molecule has 3 rings (SSSR count). The minimum Gasteiger partial charge on any atom is -0.326 e. The van der Waals surface area contributed by atoms with Crippen molar-refractivity contribution in [1.82, 2.24) is 9.55 Å². The molecule has 22 heavy (non-hydrogen) atoms. The smallest absolute Gasteiger partial charge is 0.227 e. The van der Waals surface area contributed by atoms with Crippen molar-refractivity contribution in [3.8, 4) is 11.3 Å². The van der Waals surface area contributed by atoms with Gasteiger partial charge in [0.1, 0.15) is 0 Å². The summed E-state index contributed by atoms with van der Waals surface area (Å²) in [4.78, 5) is 16.9. The second kappa shape index (κ2) is 6.57. The maximum Gasteiger partial charge on any atom is 0.227 e. The largest absolute Gasteiger partial charge is 0.326 e. The third kappa shape index (κ3) is 3.04. The Balaban J connectivity index is 1.79. The molecule has 1 amide bonds. The molecular formula is C17H21N3OS. The Morgan fingerprint density at radius 3 is 2.95 bits per heavy atom. The van der Waals surface area contributed by atoms with Gasteiger partial charge in [-0.2, -0.15) is 0 Å². The van der Waals surface area contributed by atoms with Gasteiger partial charge in [-0.1, -0.05) is 37.7 Å². The van der Waals surface area contributed by atoms with Crippen molar-refractivity contribution in [2.75, 3.05) is 11.1 Å². The van der Waals surface area contributed by atoms with E-state index in [2.05, 4.69) is 34.9 Å². The molecule has 0 aliphatic carbocycles. The van der Waals surface area contributed by atoms with E-state index in [0.29, 0.717) is 0 Å². The van der Waals surface area contributed by atoms with E-state index in [0.717, 1.165) is 47.2 Å². The van der Waals surface area contributed by atoms with Crippen molar-refractivity contribution in [3.63, 3.8) is 0 Å². The van der Waals surface area contributed by atoms with E-state index >= 15 is 0 Å². The average molecular weight is 315 g/mol. The topological polar surface area (TPSA) is 46.9 Å². The maximum absolute atomic E-state index is 12.2. The Morgan fingerprint density at radius 2 is 2.23 bits per heavy atom. The molecule has 1 aliphatic rings. The van der Waals surface area contributed by atoms with Gasteiger partial charge in [0.05, 0.1) is 5.69 Å². The summed E-state index contributed by atoms with van der Waals surface area (Å²) in [6.45, 7) is 5.13. The number of anilines is 1. The first-order valence-corrected chi connectivity index (χ1v) is 8.81. The summed E-state index contributed by atoms with van der Waals surface area (Å²) in [6.07, 6.45) is 3.83. The maximum atomic E-state index is 12.2. The molecule has 0 spiro atoms. The zero-order valence-corrected chi connectivity index (χ0v) is 13.8. The molecule has 0 unspecified atom stereocenters. The summed E-state index contributed by atoms with van der Waals surface area (Å²) >= 11 is 1.79. The number of amides is 1. The van der Waals surface area contributed by atoms with Crippen LogP contribution in [0.2, 0.25) is 0 Å². The van der Waals surface area contributed by atoms with E-state index in [1.807, 2.05) is 24.3 Å². The Bertz CT molecular complexity index is 655. The first-order valence-electron chi connectivity index (χ1n) is 7.82. The lowest BCUT2D eigenvalue weighted by Crippen LogP contribution is -2.21. The minimum absolute atomic E-state index is 0.0801. The number of aryl methyl sites for hydroxylation is 1. The van der Waals surface area contributed by atoms with Gasteiger partial charge in [0.2, 0.25) is 5.91 Å². The molecule has 0 saturated heterocycles. The number of imidazole rings is 1. The first-order chi connectivity index (χ1) is 10.7. The predicted octanol–water partition coefficient (Wildman–Crippen LogP) is 4.03. The highest BCUT2D eigenvalue weighted by Gasteiger charge is 2.17. The number of benzene rings is 1. The van der Waals surface area contributed by atoms with Crippen molar-refractivity contribution in [2.24, 2.45) is 5.92 Å². The van der Waals surface area contributed by atoms with Crippen molar-refractivity contribution in [2.45, 2.75) is 38.4 Å². The fourth-order valence-electron chi connectivity index (χ4n) is 2.71. The Kier molecular flexibility index (Phi) is 4.52. The molecule has 116 valence electrons. The van der Waals surface area contributed by atoms with E-state index in [1.165, 1.54) is 0 Å². The highest BCUT2D eigenvalue weighted by atomic mass is 32.2. The van der Waals surface area contributed by atoms with Gasteiger partial charge in [-0.25, -0.2) is 4.98 Å². The SMILES string of the molecule is CCC(CC)C(=O)Nc1cccc(-c2cn3c(n2)SCC3)c1. The number of hydrogen-bond acceptors (Lipinski definition) is 3. The molecule has 0 bridgehead atoms. The fourth-order valence-corrected chi connectivity index (χ4v) is 3.65. The number of fused-ring (bicyclic) bond motifs is 1. The van der Waals surface area contributed by atoms with E-state index in [4.69, 9.17) is 0 Å². The van der Waals surface area contributed by atoms with Gasteiger partial charge in [-0.3, -0.25) is 4.79 Å². The van der Waals surface area contributed by atoms with Crippen LogP contribution in [0.5, 0.6) is 0 Å². The fraction of sp³-hybridized carbons (Fsp3) is 0.412. The molecule has 0 atom stereocenters. The molecular weight excluding hydrogens is 294 g/mol. The van der Waals surface area contributed by atoms with Gasteiger partial charge in [0.15, 0.2) is 5.16 Å². The number of carbonyl (C=O) groups is 1. The van der Waals surface area contributed by atoms with Gasteiger partial charge in [0.25, 0.3) is 0 Å². The monoisotopic (exact) mass is 315 g/mol. The summed E-state index contributed by atoms with van der Waals surface area (Å²) < 4.78 is 2.19. The van der Waals surface area contributed by atoms with Crippen LogP contribution in [0.15, 0.2) is 35.6 Å².